The number of H-pyrrole nitrogens is 1. The molecule has 0 atom stereocenters. The Morgan fingerprint density at radius 3 is 2.56 bits per heavy atom. The zero-order valence-electron chi connectivity index (χ0n) is 15.3. The molecule has 0 saturated carbocycles. The van der Waals surface area contributed by atoms with Crippen LogP contribution in [0.5, 0.6) is 0 Å². The zero-order chi connectivity index (χ0) is 18.5. The number of hydrogen-bond donors (Lipinski definition) is 2. The number of fused-ring (bicyclic) bond motifs is 5. The van der Waals surface area contributed by atoms with Gasteiger partial charge < -0.3 is 14.9 Å². The summed E-state index contributed by atoms with van der Waals surface area (Å²) in [5, 5.41) is 9.15. The monoisotopic (exact) mass is 373 g/mol. The van der Waals surface area contributed by atoms with Crippen LogP contribution in [-0.2, 0) is 7.05 Å². The molecule has 2 N–H and O–H groups in total. The van der Waals surface area contributed by atoms with Crippen molar-refractivity contribution in [2.45, 2.75) is 6.92 Å². The summed E-state index contributed by atoms with van der Waals surface area (Å²) in [6, 6.07) is 16.9. The fourth-order valence-corrected chi connectivity index (χ4v) is 4.38. The molecule has 3 aromatic carbocycles. The van der Waals surface area contributed by atoms with Gasteiger partial charge in [-0.2, -0.15) is 0 Å². The maximum Gasteiger partial charge on any atom is 0.0502 e. The van der Waals surface area contributed by atoms with Crippen LogP contribution in [0, 0.1) is 0 Å². The van der Waals surface area contributed by atoms with E-state index in [1.807, 2.05) is 18.2 Å². The number of halogens is 1. The van der Waals surface area contributed by atoms with E-state index < -0.39 is 0 Å². The second kappa shape index (κ2) is 6.07. The standard InChI is InChI=1S/C23H20ClN3/c1-3-26-14-8-9-21-17(10-14)23-19-13-25-12-18(19)16(11-22(23)27(21)2)15-6-4-5-7-20(15)24/h4-13,25-26H,3H2,1-2H3. The fraction of sp³-hybridized carbons (Fsp3) is 0.130. The van der Waals surface area contributed by atoms with E-state index in [2.05, 4.69) is 71.6 Å². The minimum Gasteiger partial charge on any atom is -0.385 e. The Bertz CT molecular complexity index is 1310. The van der Waals surface area contributed by atoms with Gasteiger partial charge in [-0.3, -0.25) is 0 Å². The van der Waals surface area contributed by atoms with Gasteiger partial charge in [0.2, 0.25) is 0 Å². The summed E-state index contributed by atoms with van der Waals surface area (Å²) < 4.78 is 2.27. The average Bonchev–Trinajstić information content (AvgIpc) is 3.26. The van der Waals surface area contributed by atoms with Crippen LogP contribution < -0.4 is 5.32 Å². The van der Waals surface area contributed by atoms with Gasteiger partial charge in [0, 0.05) is 69.3 Å². The van der Waals surface area contributed by atoms with Crippen molar-refractivity contribution in [1.82, 2.24) is 9.55 Å². The molecule has 5 rings (SSSR count). The van der Waals surface area contributed by atoms with Crippen molar-refractivity contribution in [3.05, 3.63) is 65.9 Å². The van der Waals surface area contributed by atoms with Gasteiger partial charge in [0.05, 0.1) is 5.52 Å². The molecule has 0 bridgehead atoms. The Hall–Kier alpha value is -2.91. The van der Waals surface area contributed by atoms with Crippen molar-refractivity contribution >= 4 is 49.9 Å². The number of nitrogens with zero attached hydrogens (tertiary/aromatic N) is 1. The van der Waals surface area contributed by atoms with Crippen LogP contribution >= 0.6 is 11.6 Å². The normalized spacial score (nSPS) is 11.7. The van der Waals surface area contributed by atoms with Crippen molar-refractivity contribution < 1.29 is 0 Å². The summed E-state index contributed by atoms with van der Waals surface area (Å²) in [5.41, 5.74) is 5.80. The second-order valence-electron chi connectivity index (χ2n) is 6.90. The summed E-state index contributed by atoms with van der Waals surface area (Å²) in [6.07, 6.45) is 4.16. The molecule has 0 aliphatic carbocycles. The highest BCUT2D eigenvalue weighted by molar-refractivity contribution is 6.34. The van der Waals surface area contributed by atoms with Crippen molar-refractivity contribution in [3.8, 4) is 11.1 Å². The number of benzene rings is 3. The third-order valence-electron chi connectivity index (χ3n) is 5.38. The largest absolute Gasteiger partial charge is 0.385 e. The zero-order valence-corrected chi connectivity index (χ0v) is 16.1. The first-order chi connectivity index (χ1) is 13.2. The molecule has 27 heavy (non-hydrogen) atoms. The first-order valence-corrected chi connectivity index (χ1v) is 9.57. The van der Waals surface area contributed by atoms with Gasteiger partial charge in [0.1, 0.15) is 0 Å². The van der Waals surface area contributed by atoms with Crippen molar-refractivity contribution in [2.75, 3.05) is 11.9 Å². The Morgan fingerprint density at radius 2 is 1.74 bits per heavy atom. The molecular weight excluding hydrogens is 354 g/mol. The lowest BCUT2D eigenvalue weighted by molar-refractivity contribution is 1.01. The summed E-state index contributed by atoms with van der Waals surface area (Å²) in [6.45, 7) is 3.03. The molecule has 3 nitrogen and oxygen atoms in total. The topological polar surface area (TPSA) is 32.8 Å². The highest BCUT2D eigenvalue weighted by Gasteiger charge is 2.17. The van der Waals surface area contributed by atoms with E-state index in [1.54, 1.807) is 0 Å². The van der Waals surface area contributed by atoms with Gasteiger partial charge in [-0.05, 0) is 42.8 Å². The minimum atomic E-state index is 0.771. The van der Waals surface area contributed by atoms with Gasteiger partial charge in [-0.15, -0.1) is 0 Å². The molecule has 0 saturated heterocycles. The number of aryl methyl sites for hydroxylation is 1. The van der Waals surface area contributed by atoms with E-state index in [0.29, 0.717) is 0 Å². The Morgan fingerprint density at radius 1 is 0.926 bits per heavy atom. The summed E-state index contributed by atoms with van der Waals surface area (Å²) in [5.74, 6) is 0. The number of rotatable bonds is 3. The molecule has 5 aromatic rings. The highest BCUT2D eigenvalue weighted by Crippen LogP contribution is 2.41. The minimum absolute atomic E-state index is 0.771. The molecule has 2 aromatic heterocycles. The van der Waals surface area contributed by atoms with E-state index >= 15 is 0 Å². The van der Waals surface area contributed by atoms with Crippen LogP contribution in [0.4, 0.5) is 5.69 Å². The summed E-state index contributed by atoms with van der Waals surface area (Å²) >= 11 is 6.53. The van der Waals surface area contributed by atoms with Gasteiger partial charge in [-0.1, -0.05) is 29.8 Å². The SMILES string of the molecule is CCNc1ccc2c(c1)c1c3c[nH]cc3c(-c3ccccc3Cl)cc1n2C. The van der Waals surface area contributed by atoms with Crippen LogP contribution in [0.25, 0.3) is 43.7 Å². The Balaban J connectivity index is 1.93. The first kappa shape index (κ1) is 16.3. The molecule has 0 unspecified atom stereocenters. The third-order valence-corrected chi connectivity index (χ3v) is 5.71. The number of hydrogen-bond acceptors (Lipinski definition) is 1. The predicted octanol–water partition coefficient (Wildman–Crippen LogP) is 6.57. The van der Waals surface area contributed by atoms with Crippen LogP contribution in [0.1, 0.15) is 6.92 Å². The van der Waals surface area contributed by atoms with E-state index in [4.69, 9.17) is 11.6 Å². The molecule has 0 aliphatic heterocycles. The molecule has 0 aliphatic rings. The van der Waals surface area contributed by atoms with E-state index in [1.165, 1.54) is 32.6 Å². The molecule has 0 amide bonds. The number of aromatic nitrogens is 2. The quantitative estimate of drug-likeness (QED) is 0.368. The summed E-state index contributed by atoms with van der Waals surface area (Å²) in [7, 11) is 2.13. The first-order valence-electron chi connectivity index (χ1n) is 9.19. The van der Waals surface area contributed by atoms with Gasteiger partial charge >= 0.3 is 0 Å². The molecule has 4 heteroatoms. The maximum atomic E-state index is 6.53. The van der Waals surface area contributed by atoms with Crippen molar-refractivity contribution in [3.63, 3.8) is 0 Å². The highest BCUT2D eigenvalue weighted by atomic mass is 35.5. The molecule has 0 radical (unpaired) electrons. The Kier molecular flexibility index (Phi) is 3.66. The average molecular weight is 374 g/mol. The number of anilines is 1. The number of aromatic amines is 1. The lowest BCUT2D eigenvalue weighted by Gasteiger charge is -2.08. The van der Waals surface area contributed by atoms with Crippen LogP contribution in [-0.4, -0.2) is 16.1 Å². The van der Waals surface area contributed by atoms with Crippen LogP contribution in [0.3, 0.4) is 0 Å². The molecule has 134 valence electrons. The fourth-order valence-electron chi connectivity index (χ4n) is 4.14. The molecule has 0 spiro atoms. The lowest BCUT2D eigenvalue weighted by atomic mass is 9.97. The van der Waals surface area contributed by atoms with Crippen LogP contribution in [0.2, 0.25) is 5.02 Å². The third kappa shape index (κ3) is 2.35. The van der Waals surface area contributed by atoms with E-state index in [9.17, 15) is 0 Å². The lowest BCUT2D eigenvalue weighted by Crippen LogP contribution is -1.95. The second-order valence-corrected chi connectivity index (χ2v) is 7.31. The smallest absolute Gasteiger partial charge is 0.0502 e. The molecule has 0 fully saturated rings. The predicted molar refractivity (Wildman–Crippen MR) is 117 cm³/mol. The molecule has 2 heterocycles. The van der Waals surface area contributed by atoms with E-state index in [0.717, 1.165) is 28.4 Å². The maximum absolute atomic E-state index is 6.53. The Labute approximate surface area is 162 Å². The van der Waals surface area contributed by atoms with E-state index in [-0.39, 0.29) is 0 Å². The van der Waals surface area contributed by atoms with Crippen molar-refractivity contribution in [1.29, 1.82) is 0 Å². The summed E-state index contributed by atoms with van der Waals surface area (Å²) in [4.78, 5) is 3.31. The number of nitrogens with one attached hydrogen (secondary N) is 2. The van der Waals surface area contributed by atoms with Gasteiger partial charge in [-0.25, -0.2) is 0 Å². The van der Waals surface area contributed by atoms with Gasteiger partial charge in [0.15, 0.2) is 0 Å². The molecular formula is C23H20ClN3. The van der Waals surface area contributed by atoms with Crippen molar-refractivity contribution in [2.24, 2.45) is 7.05 Å². The van der Waals surface area contributed by atoms with Gasteiger partial charge in [0.25, 0.3) is 0 Å². The van der Waals surface area contributed by atoms with Crippen LogP contribution in [0.15, 0.2) is 60.9 Å².